The minimum absolute atomic E-state index is 2.12. The van der Waals surface area contributed by atoms with Crippen LogP contribution in [-0.2, 0) is 0 Å². The third-order valence-corrected chi connectivity index (χ3v) is 0.788. The quantitative estimate of drug-likeness (QED) is 0.304. The maximum Gasteiger partial charge on any atom is 0.249 e. The Bertz CT molecular complexity index is 544. The molecule has 0 heterocycles. The van der Waals surface area contributed by atoms with Gasteiger partial charge in [0, 0.05) is 23.7 Å². The summed E-state index contributed by atoms with van der Waals surface area (Å²) in [6.07, 6.45) is 4.86. The SMILES string of the molecule is C#CC#CC#CC#CC#CC#C[C+]=S. The molecule has 1 heteroatoms. The van der Waals surface area contributed by atoms with Gasteiger partial charge in [0.15, 0.2) is 0 Å². The Labute approximate surface area is 89.5 Å². The van der Waals surface area contributed by atoms with Crippen molar-refractivity contribution in [3.8, 4) is 71.5 Å². The monoisotopic (exact) mass is 189 g/mol. The van der Waals surface area contributed by atoms with Crippen LogP contribution in [0, 0.1) is 71.5 Å². The van der Waals surface area contributed by atoms with Gasteiger partial charge >= 0.3 is 0 Å². The van der Waals surface area contributed by atoms with Crippen LogP contribution in [0.3, 0.4) is 0 Å². The first-order valence-corrected chi connectivity index (χ1v) is 3.65. The Morgan fingerprint density at radius 2 is 1.14 bits per heavy atom. The highest BCUT2D eigenvalue weighted by molar-refractivity contribution is 7.79. The molecule has 14 heavy (non-hydrogen) atoms. The summed E-state index contributed by atoms with van der Waals surface area (Å²) in [6, 6.07) is 0. The summed E-state index contributed by atoms with van der Waals surface area (Å²) in [7, 11) is 0. The fourth-order valence-corrected chi connectivity index (χ4v) is 0.363. The second-order valence-electron chi connectivity index (χ2n) is 1.50. The second-order valence-corrected chi connectivity index (χ2v) is 1.70. The van der Waals surface area contributed by atoms with Gasteiger partial charge in [0.1, 0.15) is 18.1 Å². The van der Waals surface area contributed by atoms with Gasteiger partial charge in [-0.25, -0.2) is 0 Å². The van der Waals surface area contributed by atoms with Gasteiger partial charge in [-0.2, -0.15) is 0 Å². The summed E-state index contributed by atoms with van der Waals surface area (Å²) >= 11 is 4.33. The van der Waals surface area contributed by atoms with Crippen molar-refractivity contribution in [2.24, 2.45) is 0 Å². The van der Waals surface area contributed by atoms with Gasteiger partial charge in [0.2, 0.25) is 17.2 Å². The van der Waals surface area contributed by atoms with E-state index in [2.05, 4.69) is 82.7 Å². The predicted molar refractivity (Wildman–Crippen MR) is 60.3 cm³/mol. The average Bonchev–Trinajstić information content (AvgIpc) is 2.21. The molecule has 0 nitrogen and oxygen atoms in total. The summed E-state index contributed by atoms with van der Waals surface area (Å²) in [5, 5.41) is 2.20. The summed E-state index contributed by atoms with van der Waals surface area (Å²) in [5.41, 5.74) is 0. The molecule has 0 rings (SSSR count). The van der Waals surface area contributed by atoms with Crippen LogP contribution in [0.15, 0.2) is 0 Å². The lowest BCUT2D eigenvalue weighted by atomic mass is 10.5. The van der Waals surface area contributed by atoms with Crippen LogP contribution < -0.4 is 0 Å². The summed E-state index contributed by atoms with van der Waals surface area (Å²) in [5.74, 6) is 26.3. The maximum atomic E-state index is 4.86. The van der Waals surface area contributed by atoms with E-state index in [-0.39, 0.29) is 0 Å². The lowest BCUT2D eigenvalue weighted by Gasteiger charge is -1.52. The van der Waals surface area contributed by atoms with E-state index in [0.29, 0.717) is 0 Å². The van der Waals surface area contributed by atoms with Crippen molar-refractivity contribution in [3.63, 3.8) is 0 Å². The standard InChI is InChI=1S/C13HS/c1-2-3-4-5-6-7-8-9-10-11-12-13-14/h1H/q+1. The zero-order valence-electron chi connectivity index (χ0n) is 6.99. The molecule has 0 aliphatic carbocycles. The third-order valence-electron chi connectivity index (χ3n) is 0.686. The van der Waals surface area contributed by atoms with Gasteiger partial charge in [-0.05, 0) is 23.7 Å². The van der Waals surface area contributed by atoms with E-state index >= 15 is 0 Å². The average molecular weight is 189 g/mol. The van der Waals surface area contributed by atoms with Crippen LogP contribution in [0.5, 0.6) is 0 Å². The molecule has 0 aromatic carbocycles. The number of terminal acetylenes is 1. The Balaban J connectivity index is 4.17. The predicted octanol–water partition coefficient (Wildman–Crippen LogP) is 0.513. The van der Waals surface area contributed by atoms with Crippen LogP contribution >= 0.6 is 12.2 Å². The highest BCUT2D eigenvalue weighted by Gasteiger charge is 1.69. The molecule has 0 aromatic heterocycles. The van der Waals surface area contributed by atoms with Crippen LogP contribution in [-0.4, -0.2) is 5.37 Å². The van der Waals surface area contributed by atoms with E-state index in [0.717, 1.165) is 0 Å². The Hall–Kier alpha value is -2.64. The van der Waals surface area contributed by atoms with Gasteiger partial charge in [0.25, 0.3) is 0 Å². The molecule has 0 aliphatic heterocycles. The van der Waals surface area contributed by atoms with Crippen molar-refractivity contribution < 1.29 is 0 Å². The molecule has 0 aromatic rings. The first kappa shape index (κ1) is 11.4. The largest absolute Gasteiger partial charge is 0.249 e. The molecule has 0 bridgehead atoms. The molecule has 0 amide bonds. The molecule has 0 aliphatic rings. The van der Waals surface area contributed by atoms with E-state index in [9.17, 15) is 0 Å². The lowest BCUT2D eigenvalue weighted by molar-refractivity contribution is 2.35. The topological polar surface area (TPSA) is 0 Å². The van der Waals surface area contributed by atoms with Gasteiger partial charge in [-0.1, -0.05) is 0 Å². The van der Waals surface area contributed by atoms with Gasteiger partial charge in [-0.3, -0.25) is 0 Å². The van der Waals surface area contributed by atoms with Gasteiger partial charge in [-0.15, -0.1) is 6.42 Å². The van der Waals surface area contributed by atoms with Crippen LogP contribution in [0.25, 0.3) is 0 Å². The van der Waals surface area contributed by atoms with E-state index in [1.165, 1.54) is 0 Å². The minimum atomic E-state index is 2.12. The molecule has 0 unspecified atom stereocenters. The Kier molecular flexibility index (Phi) is 8.41. The van der Waals surface area contributed by atoms with Crippen LogP contribution in [0.2, 0.25) is 0 Å². The summed E-state index contributed by atoms with van der Waals surface area (Å²) in [4.78, 5) is 0. The number of hydrogen-bond acceptors (Lipinski definition) is 1. The van der Waals surface area contributed by atoms with Crippen molar-refractivity contribution in [1.82, 2.24) is 0 Å². The zero-order chi connectivity index (χ0) is 10.5. The van der Waals surface area contributed by atoms with Gasteiger partial charge in [0.05, 0.1) is 0 Å². The molecule has 0 radical (unpaired) electrons. The fraction of sp³-hybridized carbons (Fsp3) is 0. The number of thiocarbonyl (C=S) groups is 1. The van der Waals surface area contributed by atoms with Crippen molar-refractivity contribution in [2.75, 3.05) is 0 Å². The minimum Gasteiger partial charge on any atom is -0.106 e. The molecule has 0 N–H and O–H groups in total. The maximum absolute atomic E-state index is 4.86. The first-order valence-electron chi connectivity index (χ1n) is 3.24. The van der Waals surface area contributed by atoms with Crippen LogP contribution in [0.4, 0.5) is 0 Å². The molecule has 0 spiro atoms. The van der Waals surface area contributed by atoms with Crippen molar-refractivity contribution in [3.05, 3.63) is 0 Å². The van der Waals surface area contributed by atoms with Crippen molar-refractivity contribution in [1.29, 1.82) is 0 Å². The number of rotatable bonds is 0. The molecule has 0 atom stereocenters. The molecule has 0 fully saturated rings. The summed E-state index contributed by atoms with van der Waals surface area (Å²) in [6.45, 7) is 0. The zero-order valence-corrected chi connectivity index (χ0v) is 7.80. The van der Waals surface area contributed by atoms with E-state index < -0.39 is 0 Å². The van der Waals surface area contributed by atoms with Crippen molar-refractivity contribution >= 4 is 17.6 Å². The van der Waals surface area contributed by atoms with E-state index in [4.69, 9.17) is 6.42 Å². The first-order chi connectivity index (χ1) is 6.91. The van der Waals surface area contributed by atoms with Crippen molar-refractivity contribution in [2.45, 2.75) is 0 Å². The highest BCUT2D eigenvalue weighted by atomic mass is 32.1. The summed E-state index contributed by atoms with van der Waals surface area (Å²) < 4.78 is 0. The number of hydrogen-bond donors (Lipinski definition) is 0. The lowest BCUT2D eigenvalue weighted by Crippen LogP contribution is -1.56. The molecular formula is C13HS+. The Morgan fingerprint density at radius 1 is 0.714 bits per heavy atom. The molecule has 0 saturated heterocycles. The highest BCUT2D eigenvalue weighted by Crippen LogP contribution is 1.56. The molecular weight excluding hydrogens is 188 g/mol. The third kappa shape index (κ3) is 9.36. The second kappa shape index (κ2) is 10.4. The molecule has 0 saturated carbocycles. The Morgan fingerprint density at radius 3 is 1.57 bits per heavy atom. The van der Waals surface area contributed by atoms with E-state index in [1.54, 1.807) is 0 Å². The van der Waals surface area contributed by atoms with Gasteiger partial charge < -0.3 is 0 Å². The molecule has 58 valence electrons. The smallest absolute Gasteiger partial charge is 0.106 e. The van der Waals surface area contributed by atoms with E-state index in [1.807, 2.05) is 0 Å². The van der Waals surface area contributed by atoms with Crippen LogP contribution in [0.1, 0.15) is 0 Å². The fourth-order valence-electron chi connectivity index (χ4n) is 0.312. The normalized spacial score (nSPS) is 3.64.